The molecular weight excluding hydrogens is 244 g/mol. The molecule has 1 aromatic rings. The molecule has 0 radical (unpaired) electrons. The maximum absolute atomic E-state index is 12.5. The van der Waals surface area contributed by atoms with Crippen molar-refractivity contribution in [1.29, 1.82) is 0 Å². The topological polar surface area (TPSA) is 26.0 Å². The fraction of sp³-hybridized carbons (Fsp3) is 0.538. The van der Waals surface area contributed by atoms with E-state index in [2.05, 4.69) is 0 Å². The lowest BCUT2D eigenvalue weighted by molar-refractivity contribution is 0.151. The highest BCUT2D eigenvalue weighted by molar-refractivity contribution is 6.31. The van der Waals surface area contributed by atoms with Crippen molar-refractivity contribution in [2.75, 3.05) is 6.54 Å². The van der Waals surface area contributed by atoms with Gasteiger partial charge in [-0.15, -0.1) is 0 Å². The molecule has 4 heteroatoms. The summed E-state index contributed by atoms with van der Waals surface area (Å²) >= 11 is 6.13. The Balaban J connectivity index is 2.38. The van der Waals surface area contributed by atoms with Crippen molar-refractivity contribution in [1.82, 2.24) is 0 Å². The Kier molecular flexibility index (Phi) is 3.69. The lowest BCUT2D eigenvalue weighted by Gasteiger charge is -2.29. The Morgan fingerprint density at radius 3 is 2.41 bits per heavy atom. The fourth-order valence-electron chi connectivity index (χ4n) is 2.73. The molecule has 0 atom stereocenters. The zero-order chi connectivity index (χ0) is 12.5. The molecule has 94 valence electrons. The maximum atomic E-state index is 12.5. The molecule has 1 saturated carbocycles. The molecule has 0 unspecified atom stereocenters. The van der Waals surface area contributed by atoms with Gasteiger partial charge in [-0.3, -0.25) is 0 Å². The fourth-order valence-corrected chi connectivity index (χ4v) is 3.12. The van der Waals surface area contributed by atoms with Crippen LogP contribution in [0, 0.1) is 0 Å². The highest BCUT2D eigenvalue weighted by atomic mass is 35.5. The van der Waals surface area contributed by atoms with Crippen LogP contribution in [0.2, 0.25) is 5.02 Å². The molecule has 17 heavy (non-hydrogen) atoms. The van der Waals surface area contributed by atoms with Crippen molar-refractivity contribution in [3.05, 3.63) is 34.3 Å². The molecule has 0 bridgehead atoms. The molecule has 1 aliphatic carbocycles. The van der Waals surface area contributed by atoms with Crippen molar-refractivity contribution in [2.45, 2.75) is 37.5 Å². The molecule has 0 saturated heterocycles. The van der Waals surface area contributed by atoms with Gasteiger partial charge in [0, 0.05) is 22.5 Å². The number of hydrogen-bond acceptors (Lipinski definition) is 1. The predicted molar refractivity (Wildman–Crippen MR) is 65.6 cm³/mol. The van der Waals surface area contributed by atoms with Gasteiger partial charge in [0.2, 0.25) is 0 Å². The smallest absolute Gasteiger partial charge is 0.263 e. The molecule has 1 nitrogen and oxygen atoms in total. The molecule has 2 N–H and O–H groups in total. The summed E-state index contributed by atoms with van der Waals surface area (Å²) in [6, 6.07) is 4.56. The van der Waals surface area contributed by atoms with Crippen LogP contribution in [-0.2, 0) is 5.41 Å². The third kappa shape index (κ3) is 2.31. The van der Waals surface area contributed by atoms with Gasteiger partial charge in [0.05, 0.1) is 0 Å². The van der Waals surface area contributed by atoms with Crippen molar-refractivity contribution < 1.29 is 8.78 Å². The molecule has 0 aliphatic heterocycles. The Morgan fingerprint density at radius 1 is 1.29 bits per heavy atom. The summed E-state index contributed by atoms with van der Waals surface area (Å²) in [5, 5.41) is 0.426. The summed E-state index contributed by atoms with van der Waals surface area (Å²) in [5.41, 5.74) is 6.67. The van der Waals surface area contributed by atoms with Gasteiger partial charge in [-0.05, 0) is 24.5 Å². The van der Waals surface area contributed by atoms with Crippen molar-refractivity contribution >= 4 is 11.6 Å². The molecule has 0 aromatic heterocycles. The highest BCUT2D eigenvalue weighted by Gasteiger charge is 2.35. The van der Waals surface area contributed by atoms with Crippen LogP contribution in [0.1, 0.15) is 43.2 Å². The van der Waals surface area contributed by atoms with Crippen LogP contribution >= 0.6 is 11.6 Å². The van der Waals surface area contributed by atoms with Gasteiger partial charge in [0.25, 0.3) is 6.43 Å². The maximum Gasteiger partial charge on any atom is 0.263 e. The molecule has 1 fully saturated rings. The highest BCUT2D eigenvalue weighted by Crippen LogP contribution is 2.43. The minimum absolute atomic E-state index is 0.0241. The summed E-state index contributed by atoms with van der Waals surface area (Å²) < 4.78 is 25.1. The number of alkyl halides is 2. The van der Waals surface area contributed by atoms with Crippen LogP contribution in [0.25, 0.3) is 0 Å². The van der Waals surface area contributed by atoms with Gasteiger partial charge in [-0.2, -0.15) is 0 Å². The van der Waals surface area contributed by atoms with Crippen molar-refractivity contribution in [2.24, 2.45) is 5.73 Å². The first-order valence-electron chi connectivity index (χ1n) is 5.87. The average molecular weight is 260 g/mol. The second-order valence-corrected chi connectivity index (χ2v) is 5.14. The summed E-state index contributed by atoms with van der Waals surface area (Å²) in [7, 11) is 0. The quantitative estimate of drug-likeness (QED) is 0.871. The summed E-state index contributed by atoms with van der Waals surface area (Å²) in [6.07, 6.45) is 1.78. The van der Waals surface area contributed by atoms with E-state index in [1.165, 1.54) is 12.1 Å². The van der Waals surface area contributed by atoms with Crippen LogP contribution < -0.4 is 5.73 Å². The Labute approximate surface area is 105 Å². The second-order valence-electron chi connectivity index (χ2n) is 4.73. The largest absolute Gasteiger partial charge is 0.330 e. The van der Waals surface area contributed by atoms with Crippen LogP contribution in [0.3, 0.4) is 0 Å². The van der Waals surface area contributed by atoms with E-state index in [0.29, 0.717) is 11.6 Å². The molecular formula is C13H16ClF2N. The number of halogens is 3. The monoisotopic (exact) mass is 259 g/mol. The van der Waals surface area contributed by atoms with Gasteiger partial charge in [0.15, 0.2) is 0 Å². The van der Waals surface area contributed by atoms with Crippen LogP contribution in [0.15, 0.2) is 18.2 Å². The third-order valence-corrected chi connectivity index (χ3v) is 4.08. The lowest BCUT2D eigenvalue weighted by atomic mass is 9.78. The van der Waals surface area contributed by atoms with Crippen LogP contribution in [0.5, 0.6) is 0 Å². The Hall–Kier alpha value is -0.670. The predicted octanol–water partition coefficient (Wildman–Crippen LogP) is 4.05. The van der Waals surface area contributed by atoms with E-state index < -0.39 is 6.43 Å². The van der Waals surface area contributed by atoms with Gasteiger partial charge in [-0.1, -0.05) is 36.6 Å². The Bertz CT molecular complexity index is 400. The summed E-state index contributed by atoms with van der Waals surface area (Å²) in [5.74, 6) is 0. The zero-order valence-corrected chi connectivity index (χ0v) is 10.3. The minimum Gasteiger partial charge on any atom is -0.330 e. The number of rotatable bonds is 3. The first kappa shape index (κ1) is 12.8. The van der Waals surface area contributed by atoms with E-state index >= 15 is 0 Å². The van der Waals surface area contributed by atoms with E-state index in [4.69, 9.17) is 17.3 Å². The van der Waals surface area contributed by atoms with E-state index in [9.17, 15) is 8.78 Å². The third-order valence-electron chi connectivity index (χ3n) is 3.77. The minimum atomic E-state index is -2.47. The van der Waals surface area contributed by atoms with Crippen LogP contribution in [-0.4, -0.2) is 6.54 Å². The van der Waals surface area contributed by atoms with Gasteiger partial charge in [-0.25, -0.2) is 8.78 Å². The van der Waals surface area contributed by atoms with E-state index in [-0.39, 0.29) is 11.0 Å². The standard InChI is InChI=1S/C13H16ClF2N/c14-11-7-9(12(15)16)3-4-10(11)13(8-17)5-1-2-6-13/h3-4,7,12H,1-2,5-6,8,17H2. The number of hydrogen-bond donors (Lipinski definition) is 1. The first-order valence-corrected chi connectivity index (χ1v) is 6.25. The second kappa shape index (κ2) is 4.91. The normalized spacial score (nSPS) is 18.9. The molecule has 0 spiro atoms. The van der Waals surface area contributed by atoms with E-state index in [1.807, 2.05) is 0 Å². The molecule has 2 rings (SSSR count). The summed E-state index contributed by atoms with van der Waals surface area (Å²) in [4.78, 5) is 0. The molecule has 0 heterocycles. The van der Waals surface area contributed by atoms with Gasteiger partial charge < -0.3 is 5.73 Å². The van der Waals surface area contributed by atoms with E-state index in [0.717, 1.165) is 31.2 Å². The number of benzene rings is 1. The van der Waals surface area contributed by atoms with E-state index in [1.54, 1.807) is 6.07 Å². The van der Waals surface area contributed by atoms with Crippen molar-refractivity contribution in [3.63, 3.8) is 0 Å². The average Bonchev–Trinajstić information content (AvgIpc) is 2.78. The van der Waals surface area contributed by atoms with Crippen LogP contribution in [0.4, 0.5) is 8.78 Å². The molecule has 1 aromatic carbocycles. The first-order chi connectivity index (χ1) is 8.09. The molecule has 1 aliphatic rings. The van der Waals surface area contributed by atoms with Crippen molar-refractivity contribution in [3.8, 4) is 0 Å². The Morgan fingerprint density at radius 2 is 1.94 bits per heavy atom. The lowest BCUT2D eigenvalue weighted by Crippen LogP contribution is -2.32. The van der Waals surface area contributed by atoms with Gasteiger partial charge in [0.1, 0.15) is 0 Å². The molecule has 0 amide bonds. The zero-order valence-electron chi connectivity index (χ0n) is 9.56. The summed E-state index contributed by atoms with van der Waals surface area (Å²) in [6.45, 7) is 0.529. The van der Waals surface area contributed by atoms with Gasteiger partial charge >= 0.3 is 0 Å². The SMILES string of the molecule is NCC1(c2ccc(C(F)F)cc2Cl)CCCC1. The number of nitrogens with two attached hydrogens (primary N) is 1.